The van der Waals surface area contributed by atoms with E-state index in [-0.39, 0.29) is 6.04 Å². The van der Waals surface area contributed by atoms with Gasteiger partial charge >= 0.3 is 0 Å². The van der Waals surface area contributed by atoms with E-state index in [9.17, 15) is 0 Å². The summed E-state index contributed by atoms with van der Waals surface area (Å²) < 4.78 is 1.83. The first-order valence-electron chi connectivity index (χ1n) is 6.03. The number of aryl methyl sites for hydroxylation is 2. The molecular weight excluding hydrogens is 210 g/mol. The maximum absolute atomic E-state index is 4.19. The molecule has 0 spiro atoms. The normalized spacial score (nSPS) is 12.4. The summed E-state index contributed by atoms with van der Waals surface area (Å²) in [6.45, 7) is 4.32. The topological polar surface area (TPSA) is 29.9 Å². The molecule has 0 saturated carbocycles. The third kappa shape index (κ3) is 2.87. The van der Waals surface area contributed by atoms with Crippen molar-refractivity contribution in [3.63, 3.8) is 0 Å². The number of hydrogen-bond donors (Lipinski definition) is 1. The Balaban J connectivity index is 2.09. The Kier molecular flexibility index (Phi) is 3.47. The maximum Gasteiger partial charge on any atom is 0.0542 e. The summed E-state index contributed by atoms with van der Waals surface area (Å²) in [7, 11) is 1.94. The molecule has 1 unspecified atom stereocenters. The monoisotopic (exact) mass is 229 g/mol. The highest BCUT2D eigenvalue weighted by Crippen LogP contribution is 2.19. The van der Waals surface area contributed by atoms with Crippen LogP contribution in [-0.2, 0) is 13.5 Å². The van der Waals surface area contributed by atoms with E-state index < -0.39 is 0 Å². The second-order valence-corrected chi connectivity index (χ2v) is 4.37. The van der Waals surface area contributed by atoms with E-state index in [4.69, 9.17) is 0 Å². The van der Waals surface area contributed by atoms with E-state index in [1.54, 1.807) is 0 Å². The van der Waals surface area contributed by atoms with Crippen LogP contribution in [0, 0.1) is 0 Å². The summed E-state index contributed by atoms with van der Waals surface area (Å²) in [5.74, 6) is 0. The van der Waals surface area contributed by atoms with Crippen LogP contribution in [0.4, 0.5) is 5.69 Å². The molecule has 3 heteroatoms. The Morgan fingerprint density at radius 1 is 1.41 bits per heavy atom. The van der Waals surface area contributed by atoms with Crippen LogP contribution in [0.1, 0.15) is 31.0 Å². The van der Waals surface area contributed by atoms with Gasteiger partial charge in [-0.3, -0.25) is 4.68 Å². The van der Waals surface area contributed by atoms with E-state index in [2.05, 4.69) is 48.5 Å². The molecule has 0 aliphatic carbocycles. The van der Waals surface area contributed by atoms with E-state index in [0.717, 1.165) is 6.42 Å². The predicted molar refractivity (Wildman–Crippen MR) is 71.1 cm³/mol. The molecule has 3 nitrogen and oxygen atoms in total. The minimum absolute atomic E-state index is 0.274. The lowest BCUT2D eigenvalue weighted by atomic mass is 10.1. The van der Waals surface area contributed by atoms with Crippen LogP contribution in [0.2, 0.25) is 0 Å². The van der Waals surface area contributed by atoms with Crippen LogP contribution in [0.3, 0.4) is 0 Å². The second kappa shape index (κ2) is 5.04. The van der Waals surface area contributed by atoms with E-state index in [0.29, 0.717) is 0 Å². The molecule has 0 amide bonds. The van der Waals surface area contributed by atoms with Gasteiger partial charge in [-0.25, -0.2) is 0 Å². The average Bonchev–Trinajstić information content (AvgIpc) is 2.76. The Morgan fingerprint density at radius 3 is 2.88 bits per heavy atom. The fourth-order valence-electron chi connectivity index (χ4n) is 1.88. The van der Waals surface area contributed by atoms with Gasteiger partial charge in [-0.1, -0.05) is 19.1 Å². The molecule has 1 aromatic heterocycles. The number of nitrogens with zero attached hydrogens (tertiary/aromatic N) is 2. The van der Waals surface area contributed by atoms with E-state index in [1.165, 1.54) is 16.8 Å². The summed E-state index contributed by atoms with van der Waals surface area (Å²) in [5, 5.41) is 7.68. The van der Waals surface area contributed by atoms with Crippen molar-refractivity contribution in [3.8, 4) is 0 Å². The van der Waals surface area contributed by atoms with Crippen LogP contribution in [0.15, 0.2) is 36.7 Å². The highest BCUT2D eigenvalue weighted by Gasteiger charge is 2.07. The average molecular weight is 229 g/mol. The van der Waals surface area contributed by atoms with Gasteiger partial charge in [0.2, 0.25) is 0 Å². The lowest BCUT2D eigenvalue weighted by Gasteiger charge is -2.14. The molecule has 1 atom stereocenters. The van der Waals surface area contributed by atoms with Gasteiger partial charge in [-0.15, -0.1) is 0 Å². The van der Waals surface area contributed by atoms with Crippen LogP contribution in [0.25, 0.3) is 0 Å². The molecular formula is C14H19N3. The molecule has 90 valence electrons. The predicted octanol–water partition coefficient (Wildman–Crippen LogP) is 3.16. The van der Waals surface area contributed by atoms with Gasteiger partial charge in [0.25, 0.3) is 0 Å². The molecule has 17 heavy (non-hydrogen) atoms. The molecule has 0 fully saturated rings. The highest BCUT2D eigenvalue weighted by atomic mass is 15.2. The van der Waals surface area contributed by atoms with Crippen LogP contribution in [-0.4, -0.2) is 9.78 Å². The molecule has 2 aromatic rings. The Hall–Kier alpha value is -1.77. The molecule has 0 aliphatic heterocycles. The summed E-state index contributed by atoms with van der Waals surface area (Å²) in [6, 6.07) is 8.83. The molecule has 0 bridgehead atoms. The van der Waals surface area contributed by atoms with Crippen molar-refractivity contribution in [1.82, 2.24) is 9.78 Å². The number of nitrogens with one attached hydrogen (secondary N) is 1. The zero-order chi connectivity index (χ0) is 12.3. The summed E-state index contributed by atoms with van der Waals surface area (Å²) >= 11 is 0. The van der Waals surface area contributed by atoms with Gasteiger partial charge in [-0.2, -0.15) is 5.10 Å². The number of anilines is 1. The standard InChI is InChI=1S/C14H19N3/c1-4-12-6-5-7-14(8-12)16-11(2)13-9-15-17(3)10-13/h5-11,16H,4H2,1-3H3. The number of hydrogen-bond acceptors (Lipinski definition) is 2. The van der Waals surface area contributed by atoms with Gasteiger partial charge in [0.15, 0.2) is 0 Å². The zero-order valence-electron chi connectivity index (χ0n) is 10.6. The zero-order valence-corrected chi connectivity index (χ0v) is 10.6. The molecule has 1 heterocycles. The summed E-state index contributed by atoms with van der Waals surface area (Å²) in [5.41, 5.74) is 3.73. The van der Waals surface area contributed by atoms with Crippen LogP contribution >= 0.6 is 0 Å². The highest BCUT2D eigenvalue weighted by molar-refractivity contribution is 5.47. The molecule has 1 aromatic carbocycles. The van der Waals surface area contributed by atoms with Crippen LogP contribution < -0.4 is 5.32 Å². The van der Waals surface area contributed by atoms with Gasteiger partial charge in [0.05, 0.1) is 12.2 Å². The molecule has 1 N–H and O–H groups in total. The summed E-state index contributed by atoms with van der Waals surface area (Å²) in [4.78, 5) is 0. The maximum atomic E-state index is 4.19. The van der Waals surface area contributed by atoms with Crippen molar-refractivity contribution in [3.05, 3.63) is 47.8 Å². The van der Waals surface area contributed by atoms with Crippen molar-refractivity contribution in [2.75, 3.05) is 5.32 Å². The Labute approximate surface area is 102 Å². The smallest absolute Gasteiger partial charge is 0.0542 e. The Morgan fingerprint density at radius 2 is 2.24 bits per heavy atom. The lowest BCUT2D eigenvalue weighted by molar-refractivity contribution is 0.765. The Bertz CT molecular complexity index is 488. The first-order chi connectivity index (χ1) is 8.19. The SMILES string of the molecule is CCc1cccc(NC(C)c2cnn(C)c2)c1. The van der Waals surface area contributed by atoms with E-state index in [1.807, 2.05) is 24.1 Å². The third-order valence-corrected chi connectivity index (χ3v) is 2.94. The van der Waals surface area contributed by atoms with Crippen molar-refractivity contribution < 1.29 is 0 Å². The van der Waals surface area contributed by atoms with Gasteiger partial charge < -0.3 is 5.32 Å². The third-order valence-electron chi connectivity index (χ3n) is 2.94. The molecule has 0 aliphatic rings. The lowest BCUT2D eigenvalue weighted by Crippen LogP contribution is -2.05. The molecule has 2 rings (SSSR count). The van der Waals surface area contributed by atoms with Crippen molar-refractivity contribution in [2.24, 2.45) is 7.05 Å². The fourth-order valence-corrected chi connectivity index (χ4v) is 1.88. The summed E-state index contributed by atoms with van der Waals surface area (Å²) in [6.07, 6.45) is 5.01. The number of rotatable bonds is 4. The van der Waals surface area contributed by atoms with Crippen LogP contribution in [0.5, 0.6) is 0 Å². The number of benzene rings is 1. The minimum Gasteiger partial charge on any atom is -0.378 e. The minimum atomic E-state index is 0.274. The van der Waals surface area contributed by atoms with Crippen molar-refractivity contribution in [2.45, 2.75) is 26.3 Å². The quantitative estimate of drug-likeness (QED) is 0.872. The molecule has 0 radical (unpaired) electrons. The van der Waals surface area contributed by atoms with Crippen molar-refractivity contribution >= 4 is 5.69 Å². The fraction of sp³-hybridized carbons (Fsp3) is 0.357. The van der Waals surface area contributed by atoms with E-state index >= 15 is 0 Å². The first-order valence-corrected chi connectivity index (χ1v) is 6.03. The second-order valence-electron chi connectivity index (χ2n) is 4.37. The van der Waals surface area contributed by atoms with Crippen molar-refractivity contribution in [1.29, 1.82) is 0 Å². The number of aromatic nitrogens is 2. The van der Waals surface area contributed by atoms with Gasteiger partial charge in [0, 0.05) is 24.5 Å². The largest absolute Gasteiger partial charge is 0.378 e. The van der Waals surface area contributed by atoms with Gasteiger partial charge in [0.1, 0.15) is 0 Å². The van der Waals surface area contributed by atoms with Gasteiger partial charge in [-0.05, 0) is 31.0 Å². The molecule has 0 saturated heterocycles. The first kappa shape index (κ1) is 11.7.